The summed E-state index contributed by atoms with van der Waals surface area (Å²) in [5.41, 5.74) is 6.36. The van der Waals surface area contributed by atoms with Crippen molar-refractivity contribution in [3.63, 3.8) is 0 Å². The third-order valence-corrected chi connectivity index (χ3v) is 8.56. The second kappa shape index (κ2) is 16.7. The van der Waals surface area contributed by atoms with Gasteiger partial charge in [0.15, 0.2) is 13.2 Å². The van der Waals surface area contributed by atoms with Crippen molar-refractivity contribution in [3.05, 3.63) is 136 Å². The summed E-state index contributed by atoms with van der Waals surface area (Å²) in [4.78, 5) is 28.9. The summed E-state index contributed by atoms with van der Waals surface area (Å²) in [5, 5.41) is 32.4. The van der Waals surface area contributed by atoms with Crippen molar-refractivity contribution in [2.75, 3.05) is 26.4 Å². The van der Waals surface area contributed by atoms with Gasteiger partial charge < -0.3 is 29.2 Å². The molecule has 11 nitrogen and oxygen atoms in total. The molecule has 0 fully saturated rings. The molecule has 0 atom stereocenters. The minimum absolute atomic E-state index is 0.0429. The molecule has 266 valence electrons. The maximum absolute atomic E-state index is 12.4. The Bertz CT molecular complexity index is 1980. The van der Waals surface area contributed by atoms with Crippen LogP contribution >= 0.6 is 0 Å². The zero-order valence-electron chi connectivity index (χ0n) is 29.0. The van der Waals surface area contributed by atoms with Gasteiger partial charge in [-0.05, 0) is 71.5 Å². The molecule has 11 heteroatoms. The SMILES string of the molecule is CCOC(=O)COc1c2cccc1Cc1cc(N=Nc3ccncc3)cc(c1O)Cc1cccc(c1OCC(=O)OCC)Cc1cccc(c1O)C2. The van der Waals surface area contributed by atoms with Gasteiger partial charge in [-0.15, -0.1) is 0 Å². The summed E-state index contributed by atoms with van der Waals surface area (Å²) in [6, 6.07) is 23.8. The van der Waals surface area contributed by atoms with Gasteiger partial charge in [0, 0.05) is 49.2 Å². The molecule has 0 saturated carbocycles. The normalized spacial score (nSPS) is 12.3. The van der Waals surface area contributed by atoms with Crippen molar-refractivity contribution in [1.29, 1.82) is 0 Å². The number of phenolic OH excluding ortho intramolecular Hbond substituents is 2. The van der Waals surface area contributed by atoms with Gasteiger partial charge in [0.25, 0.3) is 0 Å². The number of esters is 2. The smallest absolute Gasteiger partial charge is 0.344 e. The fourth-order valence-electron chi connectivity index (χ4n) is 6.22. The van der Waals surface area contributed by atoms with E-state index in [-0.39, 0.29) is 63.6 Å². The van der Waals surface area contributed by atoms with Crippen molar-refractivity contribution in [1.82, 2.24) is 4.98 Å². The van der Waals surface area contributed by atoms with Crippen LogP contribution in [-0.4, -0.2) is 53.6 Å². The molecule has 0 radical (unpaired) electrons. The highest BCUT2D eigenvalue weighted by Crippen LogP contribution is 2.39. The van der Waals surface area contributed by atoms with Crippen LogP contribution in [0.5, 0.6) is 23.0 Å². The molecule has 5 aromatic rings. The van der Waals surface area contributed by atoms with Crippen molar-refractivity contribution in [2.45, 2.75) is 39.5 Å². The van der Waals surface area contributed by atoms with Crippen molar-refractivity contribution in [3.8, 4) is 23.0 Å². The van der Waals surface area contributed by atoms with Crippen LogP contribution in [-0.2, 0) is 44.7 Å². The highest BCUT2D eigenvalue weighted by molar-refractivity contribution is 5.72. The Hall–Kier alpha value is -6.23. The van der Waals surface area contributed by atoms with Crippen molar-refractivity contribution in [2.24, 2.45) is 10.2 Å². The Morgan fingerprint density at radius 1 is 0.577 bits per heavy atom. The molecule has 0 saturated heterocycles. The predicted molar refractivity (Wildman–Crippen MR) is 193 cm³/mol. The van der Waals surface area contributed by atoms with E-state index in [1.54, 1.807) is 50.5 Å². The fraction of sp³-hybridized carbons (Fsp3) is 0.244. The zero-order chi connectivity index (χ0) is 36.5. The van der Waals surface area contributed by atoms with E-state index in [0.717, 1.165) is 11.1 Å². The molecule has 52 heavy (non-hydrogen) atoms. The molecular weight excluding hydrogens is 662 g/mol. The number of carbonyl (C=O) groups excluding carboxylic acids is 2. The molecule has 1 aliphatic rings. The Kier molecular flexibility index (Phi) is 11.4. The summed E-state index contributed by atoms with van der Waals surface area (Å²) in [7, 11) is 0. The van der Waals surface area contributed by atoms with Gasteiger partial charge in [0.2, 0.25) is 0 Å². The molecular formula is C41H39N3O8. The zero-order valence-corrected chi connectivity index (χ0v) is 29.0. The van der Waals surface area contributed by atoms with Gasteiger partial charge in [-0.3, -0.25) is 4.98 Å². The highest BCUT2D eigenvalue weighted by Gasteiger charge is 2.22. The number of nitrogens with zero attached hydrogens (tertiary/aromatic N) is 3. The molecule has 1 aliphatic carbocycles. The third kappa shape index (κ3) is 8.55. The number of aromatic hydroxyl groups is 2. The summed E-state index contributed by atoms with van der Waals surface area (Å²) in [5.74, 6) is 0.0441. The molecule has 2 N–H and O–H groups in total. The molecule has 4 aromatic carbocycles. The first-order valence-corrected chi connectivity index (χ1v) is 17.1. The average molecular weight is 702 g/mol. The van der Waals surface area contributed by atoms with Crippen LogP contribution in [0.1, 0.15) is 58.4 Å². The van der Waals surface area contributed by atoms with Crippen LogP contribution in [0.4, 0.5) is 11.4 Å². The number of hydrogen-bond acceptors (Lipinski definition) is 11. The Labute approximate surface area is 301 Å². The first-order chi connectivity index (χ1) is 25.3. The molecule has 1 aromatic heterocycles. The molecule has 8 bridgehead atoms. The van der Waals surface area contributed by atoms with E-state index in [0.29, 0.717) is 56.3 Å². The van der Waals surface area contributed by atoms with Crippen LogP contribution in [0, 0.1) is 0 Å². The first-order valence-electron chi connectivity index (χ1n) is 17.1. The molecule has 0 aliphatic heterocycles. The standard InChI is InChI=1S/C41H39N3O8/c1-3-49-36(45)24-51-40-28-10-6-12-30(40)20-32-22-35(44-43-34-14-16-42-17-15-34)23-33(39(32)48)21-31-13-7-11-29(41(31)52-25-37(46)50-4-2)19-27-9-5-8-26(18-28)38(27)47/h5-17,22-23,47-48H,3-4,18-21,24-25H2,1-2H3. The number of benzene rings is 4. The number of pyridine rings is 1. The summed E-state index contributed by atoms with van der Waals surface area (Å²) >= 11 is 0. The predicted octanol–water partition coefficient (Wildman–Crippen LogP) is 7.47. The molecule has 1 heterocycles. The number of rotatable bonds is 10. The van der Waals surface area contributed by atoms with Gasteiger partial charge in [-0.1, -0.05) is 54.6 Å². The fourth-order valence-corrected chi connectivity index (χ4v) is 6.22. The van der Waals surface area contributed by atoms with Crippen molar-refractivity contribution < 1.29 is 38.7 Å². The van der Waals surface area contributed by atoms with Gasteiger partial charge in [-0.2, -0.15) is 10.2 Å². The molecule has 0 spiro atoms. The largest absolute Gasteiger partial charge is 0.507 e. The lowest BCUT2D eigenvalue weighted by Gasteiger charge is -2.20. The Morgan fingerprint density at radius 2 is 0.962 bits per heavy atom. The lowest BCUT2D eigenvalue weighted by molar-refractivity contribution is -0.146. The lowest BCUT2D eigenvalue weighted by Crippen LogP contribution is -2.16. The highest BCUT2D eigenvalue weighted by atomic mass is 16.6. The quantitative estimate of drug-likeness (QED) is 0.110. The van der Waals surface area contributed by atoms with Crippen molar-refractivity contribution >= 4 is 23.3 Å². The number of ether oxygens (including phenoxy) is 4. The minimum Gasteiger partial charge on any atom is -0.507 e. The maximum Gasteiger partial charge on any atom is 0.344 e. The van der Waals surface area contributed by atoms with E-state index < -0.39 is 11.9 Å². The van der Waals surface area contributed by atoms with Gasteiger partial charge in [0.1, 0.15) is 23.0 Å². The summed E-state index contributed by atoms with van der Waals surface area (Å²) in [6.45, 7) is 3.26. The van der Waals surface area contributed by atoms with E-state index in [9.17, 15) is 19.8 Å². The van der Waals surface area contributed by atoms with Crippen LogP contribution in [0.2, 0.25) is 0 Å². The van der Waals surface area contributed by atoms with Crippen LogP contribution in [0.15, 0.2) is 101 Å². The number of hydrogen-bond donors (Lipinski definition) is 2. The van der Waals surface area contributed by atoms with Crippen LogP contribution in [0.25, 0.3) is 0 Å². The summed E-state index contributed by atoms with van der Waals surface area (Å²) in [6.07, 6.45) is 4.25. The van der Waals surface area contributed by atoms with E-state index in [4.69, 9.17) is 18.9 Å². The maximum atomic E-state index is 12.4. The number of carbonyl (C=O) groups is 2. The molecule has 0 unspecified atom stereocenters. The van der Waals surface area contributed by atoms with E-state index in [1.165, 1.54) is 0 Å². The topological polar surface area (TPSA) is 149 Å². The second-order valence-electron chi connectivity index (χ2n) is 12.1. The van der Waals surface area contributed by atoms with Crippen LogP contribution in [0.3, 0.4) is 0 Å². The summed E-state index contributed by atoms with van der Waals surface area (Å²) < 4.78 is 22.6. The number of azo groups is 1. The molecule has 0 amide bonds. The second-order valence-corrected chi connectivity index (χ2v) is 12.1. The number of para-hydroxylation sites is 3. The Balaban J connectivity index is 1.53. The number of phenols is 2. The van der Waals surface area contributed by atoms with E-state index >= 15 is 0 Å². The average Bonchev–Trinajstić information content (AvgIpc) is 3.14. The molecule has 6 rings (SSSR count). The number of fused-ring (bicyclic) bond motifs is 8. The number of aromatic nitrogens is 1. The Morgan fingerprint density at radius 3 is 1.40 bits per heavy atom. The van der Waals surface area contributed by atoms with Gasteiger partial charge in [0.05, 0.1) is 24.6 Å². The van der Waals surface area contributed by atoms with Gasteiger partial charge >= 0.3 is 11.9 Å². The monoisotopic (exact) mass is 701 g/mol. The minimum atomic E-state index is -0.513. The lowest BCUT2D eigenvalue weighted by atomic mass is 9.91. The van der Waals surface area contributed by atoms with E-state index in [2.05, 4.69) is 15.2 Å². The third-order valence-electron chi connectivity index (χ3n) is 8.56. The van der Waals surface area contributed by atoms with E-state index in [1.807, 2.05) is 54.6 Å². The van der Waals surface area contributed by atoms with Crippen LogP contribution < -0.4 is 9.47 Å². The first kappa shape index (κ1) is 35.6. The van der Waals surface area contributed by atoms with Gasteiger partial charge in [-0.25, -0.2) is 9.59 Å².